The maximum Gasteiger partial charge on any atom is 0.311 e. The van der Waals surface area contributed by atoms with Crippen LogP contribution < -0.4 is 5.32 Å². The Morgan fingerprint density at radius 3 is 2.48 bits per heavy atom. The lowest BCUT2D eigenvalue weighted by molar-refractivity contribution is -0.136. The monoisotopic (exact) mass is 355 g/mol. The van der Waals surface area contributed by atoms with Gasteiger partial charge in [-0.25, -0.2) is 0 Å². The molecular formula is C16H15Cl2NO4. The van der Waals surface area contributed by atoms with Gasteiger partial charge in [-0.15, -0.1) is 0 Å². The van der Waals surface area contributed by atoms with Gasteiger partial charge in [0.05, 0.1) is 11.8 Å². The van der Waals surface area contributed by atoms with Crippen LogP contribution in [0.2, 0.25) is 10.0 Å². The normalized spacial score (nSPS) is 10.6. The van der Waals surface area contributed by atoms with Gasteiger partial charge in [0, 0.05) is 22.2 Å². The van der Waals surface area contributed by atoms with Crippen molar-refractivity contribution >= 4 is 35.1 Å². The summed E-state index contributed by atoms with van der Waals surface area (Å²) in [6, 6.07) is 5.19. The molecule has 1 aromatic carbocycles. The first kappa shape index (κ1) is 17.4. The molecule has 7 heteroatoms. The molecule has 1 aromatic heterocycles. The van der Waals surface area contributed by atoms with Crippen molar-refractivity contribution in [1.82, 2.24) is 5.32 Å². The minimum Gasteiger partial charge on any atom is -0.481 e. The van der Waals surface area contributed by atoms with Crippen LogP contribution >= 0.6 is 23.2 Å². The lowest BCUT2D eigenvalue weighted by Crippen LogP contribution is -2.27. The molecule has 122 valence electrons. The summed E-state index contributed by atoms with van der Waals surface area (Å²) >= 11 is 11.8. The fraction of sp³-hybridized carbons (Fsp3) is 0.250. The van der Waals surface area contributed by atoms with Gasteiger partial charge in [0.2, 0.25) is 0 Å². The van der Waals surface area contributed by atoms with Gasteiger partial charge in [-0.1, -0.05) is 23.2 Å². The van der Waals surface area contributed by atoms with Gasteiger partial charge >= 0.3 is 5.97 Å². The number of carbonyl (C=O) groups is 2. The average Bonchev–Trinajstić information content (AvgIpc) is 2.77. The van der Waals surface area contributed by atoms with Gasteiger partial charge < -0.3 is 14.8 Å². The smallest absolute Gasteiger partial charge is 0.311 e. The van der Waals surface area contributed by atoms with Gasteiger partial charge in [0.25, 0.3) is 5.91 Å². The molecule has 0 bridgehead atoms. The highest BCUT2D eigenvalue weighted by Gasteiger charge is 2.20. The van der Waals surface area contributed by atoms with Crippen molar-refractivity contribution < 1.29 is 19.1 Å². The molecule has 0 unspecified atom stereocenters. The summed E-state index contributed by atoms with van der Waals surface area (Å²) in [6.07, 6.45) is 1.60. The van der Waals surface area contributed by atoms with E-state index in [9.17, 15) is 9.59 Å². The molecule has 0 saturated carbocycles. The Bertz CT molecular complexity index is 719. The van der Waals surface area contributed by atoms with E-state index in [2.05, 4.69) is 5.32 Å². The highest BCUT2D eigenvalue weighted by molar-refractivity contribution is 6.34. The van der Waals surface area contributed by atoms with Crippen LogP contribution in [0.4, 0.5) is 0 Å². The van der Waals surface area contributed by atoms with E-state index in [1.165, 1.54) is 6.26 Å². The number of halogens is 2. The number of carboxylic acid groups (broad SMARTS) is 1. The van der Waals surface area contributed by atoms with Crippen LogP contribution in [0.5, 0.6) is 0 Å². The average molecular weight is 356 g/mol. The van der Waals surface area contributed by atoms with Crippen molar-refractivity contribution in [3.8, 4) is 0 Å². The number of nitrogens with one attached hydrogen (secondary N) is 1. The fourth-order valence-corrected chi connectivity index (χ4v) is 2.81. The SMILES string of the molecule is Cc1coc(CC(=O)O)c1C(=O)NCCc1cc(Cl)cc(Cl)c1. The Hall–Kier alpha value is -1.98. The number of hydrogen-bond donors (Lipinski definition) is 2. The zero-order chi connectivity index (χ0) is 17.0. The lowest BCUT2D eigenvalue weighted by Gasteiger charge is -2.07. The molecule has 5 nitrogen and oxygen atoms in total. The van der Waals surface area contributed by atoms with Crippen molar-refractivity contribution in [2.75, 3.05) is 6.54 Å². The van der Waals surface area contributed by atoms with E-state index >= 15 is 0 Å². The number of carbonyl (C=O) groups excluding carboxylic acids is 1. The Balaban J connectivity index is 2.00. The molecule has 2 aromatic rings. The van der Waals surface area contributed by atoms with E-state index in [0.29, 0.717) is 28.6 Å². The van der Waals surface area contributed by atoms with Crippen LogP contribution in [0.3, 0.4) is 0 Å². The van der Waals surface area contributed by atoms with Crippen molar-refractivity contribution in [2.24, 2.45) is 0 Å². The molecule has 0 spiro atoms. The van der Waals surface area contributed by atoms with E-state index in [1.807, 2.05) is 0 Å². The van der Waals surface area contributed by atoms with Crippen LogP contribution in [-0.2, 0) is 17.6 Å². The first-order chi connectivity index (χ1) is 10.9. The summed E-state index contributed by atoms with van der Waals surface area (Å²) in [5.74, 6) is -1.26. The number of carboxylic acids is 1. The molecule has 1 amide bonds. The summed E-state index contributed by atoms with van der Waals surface area (Å²) in [4.78, 5) is 23.0. The first-order valence-corrected chi connectivity index (χ1v) is 7.64. The molecule has 23 heavy (non-hydrogen) atoms. The number of aryl methyl sites for hydroxylation is 1. The van der Waals surface area contributed by atoms with Gasteiger partial charge in [-0.2, -0.15) is 0 Å². The van der Waals surface area contributed by atoms with Crippen LogP contribution in [0, 0.1) is 6.92 Å². The molecule has 0 aliphatic carbocycles. The highest BCUT2D eigenvalue weighted by Crippen LogP contribution is 2.20. The third-order valence-electron chi connectivity index (χ3n) is 3.21. The van der Waals surface area contributed by atoms with Crippen LogP contribution in [0.25, 0.3) is 0 Å². The third-order valence-corrected chi connectivity index (χ3v) is 3.65. The molecule has 0 aliphatic heterocycles. The summed E-state index contributed by atoms with van der Waals surface area (Å²) in [6.45, 7) is 2.06. The molecule has 2 N–H and O–H groups in total. The Kier molecular flexibility index (Phi) is 5.69. The lowest BCUT2D eigenvalue weighted by atomic mass is 10.1. The van der Waals surface area contributed by atoms with Crippen LogP contribution in [-0.4, -0.2) is 23.5 Å². The molecule has 0 atom stereocenters. The highest BCUT2D eigenvalue weighted by atomic mass is 35.5. The molecule has 0 radical (unpaired) electrons. The Labute approximate surface area is 143 Å². The quantitative estimate of drug-likeness (QED) is 0.830. The Morgan fingerprint density at radius 2 is 1.87 bits per heavy atom. The number of benzene rings is 1. The van der Waals surface area contributed by atoms with Gasteiger partial charge in [0.15, 0.2) is 0 Å². The zero-order valence-corrected chi connectivity index (χ0v) is 13.9. The zero-order valence-electron chi connectivity index (χ0n) is 12.4. The third kappa shape index (κ3) is 4.74. The van der Waals surface area contributed by atoms with Crippen molar-refractivity contribution in [1.29, 1.82) is 0 Å². The minimum atomic E-state index is -1.05. The van der Waals surface area contributed by atoms with E-state index in [4.69, 9.17) is 32.7 Å². The number of furan rings is 1. The van der Waals surface area contributed by atoms with Crippen LogP contribution in [0.1, 0.15) is 27.2 Å². The topological polar surface area (TPSA) is 79.5 Å². The number of rotatable bonds is 6. The predicted molar refractivity (Wildman–Crippen MR) is 87.3 cm³/mol. The maximum atomic E-state index is 12.2. The second kappa shape index (κ2) is 7.53. The molecule has 0 saturated heterocycles. The molecule has 0 fully saturated rings. The summed E-state index contributed by atoms with van der Waals surface area (Å²) < 4.78 is 5.15. The molecule has 1 heterocycles. The predicted octanol–water partition coefficient (Wildman–Crippen LogP) is 3.49. The van der Waals surface area contributed by atoms with E-state index < -0.39 is 5.97 Å². The van der Waals surface area contributed by atoms with Gasteiger partial charge in [-0.05, 0) is 37.1 Å². The van der Waals surface area contributed by atoms with Crippen LogP contribution in [0.15, 0.2) is 28.9 Å². The largest absolute Gasteiger partial charge is 0.481 e. The summed E-state index contributed by atoms with van der Waals surface area (Å²) in [7, 11) is 0. The fourth-order valence-electron chi connectivity index (χ4n) is 2.23. The van der Waals surface area contributed by atoms with Gasteiger partial charge in [0.1, 0.15) is 12.2 Å². The van der Waals surface area contributed by atoms with E-state index in [0.717, 1.165) is 5.56 Å². The van der Waals surface area contributed by atoms with Crippen molar-refractivity contribution in [3.63, 3.8) is 0 Å². The van der Waals surface area contributed by atoms with Crippen molar-refractivity contribution in [2.45, 2.75) is 19.8 Å². The van der Waals surface area contributed by atoms with Crippen molar-refractivity contribution in [3.05, 3.63) is 57.0 Å². The standard InChI is InChI=1S/C16H15Cl2NO4/c1-9-8-23-13(7-14(20)21)15(9)16(22)19-3-2-10-4-11(17)6-12(18)5-10/h4-6,8H,2-3,7H2,1H3,(H,19,22)(H,20,21). The van der Waals surface area contributed by atoms with E-state index in [1.54, 1.807) is 25.1 Å². The number of aliphatic carboxylic acids is 1. The molecular weight excluding hydrogens is 341 g/mol. The summed E-state index contributed by atoms with van der Waals surface area (Å²) in [5, 5.41) is 12.7. The number of amides is 1. The second-order valence-corrected chi connectivity index (χ2v) is 5.94. The second-order valence-electron chi connectivity index (χ2n) is 5.07. The Morgan fingerprint density at radius 1 is 1.22 bits per heavy atom. The van der Waals surface area contributed by atoms with Gasteiger partial charge in [-0.3, -0.25) is 9.59 Å². The minimum absolute atomic E-state index is 0.151. The number of hydrogen-bond acceptors (Lipinski definition) is 3. The summed E-state index contributed by atoms with van der Waals surface area (Å²) in [5.41, 5.74) is 1.78. The maximum absolute atomic E-state index is 12.2. The molecule has 0 aliphatic rings. The first-order valence-electron chi connectivity index (χ1n) is 6.88. The molecule has 2 rings (SSSR count). The van der Waals surface area contributed by atoms with E-state index in [-0.39, 0.29) is 23.7 Å².